The molecule has 2 rings (SSSR count). The molecule has 0 N–H and O–H groups in total. The predicted molar refractivity (Wildman–Crippen MR) is 76.3 cm³/mol. The van der Waals surface area contributed by atoms with E-state index in [2.05, 4.69) is 24.6 Å². The molecule has 0 aromatic heterocycles. The lowest BCUT2D eigenvalue weighted by Gasteiger charge is -2.28. The maximum absolute atomic E-state index is 13.2. The van der Waals surface area contributed by atoms with Crippen molar-refractivity contribution in [2.75, 3.05) is 26.7 Å². The van der Waals surface area contributed by atoms with Gasteiger partial charge in [-0.15, -0.1) is 12.6 Å². The second-order valence-corrected chi connectivity index (χ2v) is 5.61. The number of thiol groups is 1. The van der Waals surface area contributed by atoms with Crippen molar-refractivity contribution in [3.05, 3.63) is 29.6 Å². The average molecular weight is 282 g/mol. The first-order chi connectivity index (χ1) is 8.99. The summed E-state index contributed by atoms with van der Waals surface area (Å²) in [5, 5.41) is 0. The monoisotopic (exact) mass is 282 g/mol. The van der Waals surface area contributed by atoms with Crippen LogP contribution in [-0.4, -0.2) is 48.4 Å². The van der Waals surface area contributed by atoms with E-state index in [1.54, 1.807) is 0 Å². The highest BCUT2D eigenvalue weighted by molar-refractivity contribution is 7.80. The highest BCUT2D eigenvalue weighted by Crippen LogP contribution is 2.18. The molecule has 1 heterocycles. The van der Waals surface area contributed by atoms with Crippen LogP contribution in [0.25, 0.3) is 0 Å². The summed E-state index contributed by atoms with van der Waals surface area (Å²) in [6.07, 6.45) is 0.960. The van der Waals surface area contributed by atoms with Gasteiger partial charge in [0.15, 0.2) is 0 Å². The summed E-state index contributed by atoms with van der Waals surface area (Å²) < 4.78 is 13.2. The number of halogens is 1. The molecule has 1 unspecified atom stereocenters. The first-order valence-corrected chi connectivity index (χ1v) is 6.92. The molecule has 1 saturated heterocycles. The summed E-state index contributed by atoms with van der Waals surface area (Å²) >= 11 is 4.03. The molecule has 0 bridgehead atoms. The minimum Gasteiger partial charge on any atom is -0.335 e. The lowest BCUT2D eigenvalue weighted by atomic mass is 10.1. The van der Waals surface area contributed by atoms with Crippen LogP contribution in [0, 0.1) is 5.82 Å². The fraction of sp³-hybridized carbons (Fsp3) is 0.500. The molecule has 0 aliphatic carbocycles. The van der Waals surface area contributed by atoms with Crippen molar-refractivity contribution in [2.45, 2.75) is 24.3 Å². The molecular formula is C14H19FN2OS. The van der Waals surface area contributed by atoms with Gasteiger partial charge in [-0.3, -0.25) is 4.79 Å². The van der Waals surface area contributed by atoms with Crippen LogP contribution < -0.4 is 0 Å². The minimum absolute atomic E-state index is 0.0434. The van der Waals surface area contributed by atoms with Crippen LogP contribution in [-0.2, 0) is 0 Å². The van der Waals surface area contributed by atoms with Gasteiger partial charge in [0.1, 0.15) is 5.82 Å². The fourth-order valence-electron chi connectivity index (χ4n) is 2.49. The molecule has 104 valence electrons. The van der Waals surface area contributed by atoms with Crippen molar-refractivity contribution in [3.63, 3.8) is 0 Å². The Morgan fingerprint density at radius 3 is 2.84 bits per heavy atom. The Hall–Kier alpha value is -1.07. The molecule has 0 radical (unpaired) electrons. The maximum atomic E-state index is 13.2. The predicted octanol–water partition coefficient (Wildman–Crippen LogP) is 2.28. The fourth-order valence-corrected chi connectivity index (χ4v) is 2.70. The van der Waals surface area contributed by atoms with Gasteiger partial charge in [0, 0.05) is 29.6 Å². The van der Waals surface area contributed by atoms with Crippen LogP contribution >= 0.6 is 12.6 Å². The topological polar surface area (TPSA) is 23.6 Å². The number of benzene rings is 1. The lowest BCUT2D eigenvalue weighted by molar-refractivity contribution is 0.0696. The highest BCUT2D eigenvalue weighted by atomic mass is 32.1. The molecule has 1 amide bonds. The van der Waals surface area contributed by atoms with Crippen LogP contribution in [0.4, 0.5) is 4.39 Å². The number of rotatable bonds is 1. The summed E-state index contributed by atoms with van der Waals surface area (Å²) in [4.78, 5) is 16.8. The number of likely N-dealkylation sites (N-methyl/N-ethyl adjacent to an activating group) is 1. The Bertz CT molecular complexity index is 481. The van der Waals surface area contributed by atoms with Gasteiger partial charge in [0.05, 0.1) is 0 Å². The molecule has 1 aromatic carbocycles. The van der Waals surface area contributed by atoms with Gasteiger partial charge in [-0.25, -0.2) is 4.39 Å². The minimum atomic E-state index is -0.400. The summed E-state index contributed by atoms with van der Waals surface area (Å²) in [6, 6.07) is 4.48. The molecule has 5 heteroatoms. The second kappa shape index (κ2) is 5.92. The van der Waals surface area contributed by atoms with E-state index >= 15 is 0 Å². The first-order valence-electron chi connectivity index (χ1n) is 6.47. The largest absolute Gasteiger partial charge is 0.335 e. The van der Waals surface area contributed by atoms with E-state index < -0.39 is 5.82 Å². The van der Waals surface area contributed by atoms with Crippen molar-refractivity contribution >= 4 is 18.5 Å². The van der Waals surface area contributed by atoms with Crippen molar-refractivity contribution < 1.29 is 9.18 Å². The van der Waals surface area contributed by atoms with Crippen molar-refractivity contribution in [3.8, 4) is 0 Å². The molecular weight excluding hydrogens is 263 g/mol. The van der Waals surface area contributed by atoms with Crippen LogP contribution in [0.1, 0.15) is 23.7 Å². The quantitative estimate of drug-likeness (QED) is 0.799. The van der Waals surface area contributed by atoms with Gasteiger partial charge >= 0.3 is 0 Å². The van der Waals surface area contributed by atoms with E-state index in [-0.39, 0.29) is 16.8 Å². The zero-order chi connectivity index (χ0) is 14.0. The Balaban J connectivity index is 2.20. The number of carbonyl (C=O) groups excluding carboxylic acids is 1. The van der Waals surface area contributed by atoms with Crippen molar-refractivity contribution in [2.24, 2.45) is 0 Å². The Kier molecular flexibility index (Phi) is 4.47. The van der Waals surface area contributed by atoms with Crippen LogP contribution in [0.5, 0.6) is 0 Å². The molecule has 0 saturated carbocycles. The molecule has 0 spiro atoms. The van der Waals surface area contributed by atoms with E-state index in [0.29, 0.717) is 5.56 Å². The van der Waals surface area contributed by atoms with E-state index in [1.807, 2.05) is 11.8 Å². The highest BCUT2D eigenvalue weighted by Gasteiger charge is 2.25. The molecule has 1 aliphatic heterocycles. The average Bonchev–Trinajstić information content (AvgIpc) is 2.52. The number of hydrogen-bond donors (Lipinski definition) is 1. The third-order valence-electron chi connectivity index (χ3n) is 3.50. The molecule has 1 aromatic rings. The SMILES string of the molecule is CC1CN(C)CCCN1C(=O)c1ccc(F)c(S)c1. The molecule has 19 heavy (non-hydrogen) atoms. The third kappa shape index (κ3) is 3.28. The van der Waals surface area contributed by atoms with Gasteiger partial charge < -0.3 is 9.80 Å². The number of nitrogens with zero attached hydrogens (tertiary/aromatic N) is 2. The zero-order valence-corrected chi connectivity index (χ0v) is 12.2. The van der Waals surface area contributed by atoms with Crippen LogP contribution in [0.15, 0.2) is 23.1 Å². The number of carbonyl (C=O) groups is 1. The molecule has 1 atom stereocenters. The van der Waals surface area contributed by atoms with E-state index in [9.17, 15) is 9.18 Å². The van der Waals surface area contributed by atoms with Gasteiger partial charge in [-0.2, -0.15) is 0 Å². The lowest BCUT2D eigenvalue weighted by Crippen LogP contribution is -2.42. The Morgan fingerprint density at radius 2 is 2.16 bits per heavy atom. The Labute approximate surface area is 118 Å². The van der Waals surface area contributed by atoms with Crippen molar-refractivity contribution in [1.82, 2.24) is 9.80 Å². The zero-order valence-electron chi connectivity index (χ0n) is 11.3. The third-order valence-corrected chi connectivity index (χ3v) is 3.84. The summed E-state index contributed by atoms with van der Waals surface area (Å²) in [5.74, 6) is -0.443. The number of hydrogen-bond acceptors (Lipinski definition) is 3. The first kappa shape index (κ1) is 14.3. The van der Waals surface area contributed by atoms with Crippen LogP contribution in [0.2, 0.25) is 0 Å². The second-order valence-electron chi connectivity index (χ2n) is 5.13. The smallest absolute Gasteiger partial charge is 0.254 e. The maximum Gasteiger partial charge on any atom is 0.254 e. The van der Waals surface area contributed by atoms with Gasteiger partial charge in [0.25, 0.3) is 5.91 Å². The standard InChI is InChI=1S/C14H19FN2OS/c1-10-9-16(2)6-3-7-17(10)14(18)11-4-5-12(15)13(19)8-11/h4-5,8,10,19H,3,6-7,9H2,1-2H3. The summed E-state index contributed by atoms with van der Waals surface area (Å²) in [7, 11) is 2.06. The molecule has 1 aliphatic rings. The van der Waals surface area contributed by atoms with Gasteiger partial charge in [-0.1, -0.05) is 0 Å². The van der Waals surface area contributed by atoms with E-state index in [1.165, 1.54) is 18.2 Å². The van der Waals surface area contributed by atoms with Gasteiger partial charge in [0.2, 0.25) is 0 Å². The van der Waals surface area contributed by atoms with Crippen LogP contribution in [0.3, 0.4) is 0 Å². The number of amides is 1. The van der Waals surface area contributed by atoms with E-state index in [0.717, 1.165) is 26.1 Å². The van der Waals surface area contributed by atoms with Crippen molar-refractivity contribution in [1.29, 1.82) is 0 Å². The van der Waals surface area contributed by atoms with E-state index in [4.69, 9.17) is 0 Å². The van der Waals surface area contributed by atoms with Gasteiger partial charge in [-0.05, 0) is 45.1 Å². The summed E-state index contributed by atoms with van der Waals surface area (Å²) in [6.45, 7) is 4.64. The normalized spacial score (nSPS) is 21.3. The molecule has 1 fully saturated rings. The summed E-state index contributed by atoms with van der Waals surface area (Å²) in [5.41, 5.74) is 0.503. The molecule has 3 nitrogen and oxygen atoms in total. The Morgan fingerprint density at radius 1 is 1.42 bits per heavy atom.